The zero-order valence-corrected chi connectivity index (χ0v) is 28.4. The van der Waals surface area contributed by atoms with E-state index in [1.54, 1.807) is 36.9 Å². The molecule has 4 aromatic carbocycles. The van der Waals surface area contributed by atoms with E-state index in [0.717, 1.165) is 56.2 Å². The summed E-state index contributed by atoms with van der Waals surface area (Å²) in [6, 6.07) is 27.9. The molecule has 0 aliphatic rings. The summed E-state index contributed by atoms with van der Waals surface area (Å²) in [6.45, 7) is 9.27. The maximum Gasteiger partial charge on any atom is 0.342 e. The van der Waals surface area contributed by atoms with Gasteiger partial charge in [-0.3, -0.25) is 0 Å². The summed E-state index contributed by atoms with van der Waals surface area (Å²) < 4.78 is 21.3. The molecule has 0 aliphatic carbocycles. The van der Waals surface area contributed by atoms with Crippen molar-refractivity contribution in [2.24, 2.45) is 0 Å². The van der Waals surface area contributed by atoms with Crippen LogP contribution in [-0.4, -0.2) is 36.9 Å². The van der Waals surface area contributed by atoms with Crippen LogP contribution in [0.5, 0.6) is 5.75 Å². The summed E-state index contributed by atoms with van der Waals surface area (Å²) in [5, 5.41) is 0. The fourth-order valence-corrected chi connectivity index (χ4v) is 5.17. The number of carbonyl (C=O) groups excluding carboxylic acids is 3. The summed E-state index contributed by atoms with van der Waals surface area (Å²) in [4.78, 5) is 37.0. The Labute approximate surface area is 294 Å². The topological polar surface area (TPSA) is 88.1 Å². The van der Waals surface area contributed by atoms with Gasteiger partial charge in [0.05, 0.1) is 18.6 Å². The Morgan fingerprint density at radius 1 is 0.694 bits per heavy atom. The minimum Gasteiger partial charge on any atom is -0.488 e. The van der Waals surface area contributed by atoms with Crippen molar-refractivity contribution in [3.63, 3.8) is 0 Å². The molecule has 4 rings (SSSR count). The lowest BCUT2D eigenvalue weighted by Gasteiger charge is -2.11. The highest BCUT2D eigenvalue weighted by Gasteiger charge is 2.15. The standard InChI is InChI=1S/C40H32O7S2/c1-4-38(41)45-25-26-48-34-20-15-31(16-21-34)9-12-32-19-24-37(36(27-32)40(43)44-6-3)46-28-33-13-10-29(11-14-33)7-8-30-17-22-35(23-18-30)49-47-39(42)5-2/h4-5,10-11,13-24,27H,1-2,6,25-26,28H2,3H3. The summed E-state index contributed by atoms with van der Waals surface area (Å²) in [5.74, 6) is 12.1. The lowest BCUT2D eigenvalue weighted by atomic mass is 10.1. The van der Waals surface area contributed by atoms with Crippen molar-refractivity contribution in [2.45, 2.75) is 23.3 Å². The van der Waals surface area contributed by atoms with E-state index in [-0.39, 0.29) is 13.2 Å². The van der Waals surface area contributed by atoms with E-state index in [0.29, 0.717) is 29.2 Å². The molecule has 49 heavy (non-hydrogen) atoms. The fourth-order valence-electron chi connectivity index (χ4n) is 3.95. The van der Waals surface area contributed by atoms with Gasteiger partial charge in [-0.1, -0.05) is 49.0 Å². The van der Waals surface area contributed by atoms with Gasteiger partial charge in [0.25, 0.3) is 0 Å². The van der Waals surface area contributed by atoms with Gasteiger partial charge < -0.3 is 18.4 Å². The molecular formula is C40H32O7S2. The molecule has 0 radical (unpaired) electrons. The van der Waals surface area contributed by atoms with Crippen molar-refractivity contribution in [1.29, 1.82) is 0 Å². The first-order chi connectivity index (χ1) is 23.9. The van der Waals surface area contributed by atoms with Crippen LogP contribution >= 0.6 is 23.8 Å². The molecule has 0 amide bonds. The van der Waals surface area contributed by atoms with Crippen molar-refractivity contribution in [3.8, 4) is 29.4 Å². The molecule has 0 fully saturated rings. The quantitative estimate of drug-likeness (QED) is 0.0349. The van der Waals surface area contributed by atoms with Crippen LogP contribution < -0.4 is 4.74 Å². The molecule has 0 aliphatic heterocycles. The van der Waals surface area contributed by atoms with Crippen LogP contribution in [0.25, 0.3) is 0 Å². The van der Waals surface area contributed by atoms with Crippen LogP contribution in [0.3, 0.4) is 0 Å². The minimum atomic E-state index is -0.500. The summed E-state index contributed by atoms with van der Waals surface area (Å²) in [6.07, 6.45) is 2.26. The first-order valence-electron chi connectivity index (χ1n) is 15.1. The zero-order chi connectivity index (χ0) is 34.8. The van der Waals surface area contributed by atoms with Gasteiger partial charge in [0.15, 0.2) is 0 Å². The summed E-state index contributed by atoms with van der Waals surface area (Å²) >= 11 is 2.54. The second-order valence-electron chi connectivity index (χ2n) is 9.88. The van der Waals surface area contributed by atoms with Crippen molar-refractivity contribution in [2.75, 3.05) is 19.0 Å². The molecule has 0 unspecified atom stereocenters. The molecule has 7 nitrogen and oxygen atoms in total. The van der Waals surface area contributed by atoms with Crippen LogP contribution in [0.4, 0.5) is 0 Å². The van der Waals surface area contributed by atoms with E-state index in [2.05, 4.69) is 36.8 Å². The zero-order valence-electron chi connectivity index (χ0n) is 26.7. The monoisotopic (exact) mass is 688 g/mol. The van der Waals surface area contributed by atoms with Gasteiger partial charge in [-0.25, -0.2) is 14.4 Å². The van der Waals surface area contributed by atoms with E-state index < -0.39 is 17.9 Å². The molecular weight excluding hydrogens is 657 g/mol. The normalized spacial score (nSPS) is 9.90. The molecule has 0 saturated heterocycles. The van der Waals surface area contributed by atoms with Crippen molar-refractivity contribution < 1.29 is 32.8 Å². The van der Waals surface area contributed by atoms with Crippen molar-refractivity contribution >= 4 is 41.7 Å². The number of hydrogen-bond donors (Lipinski definition) is 0. The smallest absolute Gasteiger partial charge is 0.342 e. The third-order valence-corrected chi connectivity index (χ3v) is 8.07. The summed E-state index contributed by atoms with van der Waals surface area (Å²) in [5.41, 5.74) is 4.31. The van der Waals surface area contributed by atoms with E-state index in [1.807, 2.05) is 72.8 Å². The van der Waals surface area contributed by atoms with Crippen LogP contribution in [-0.2, 0) is 29.9 Å². The Morgan fingerprint density at radius 2 is 1.24 bits per heavy atom. The molecule has 9 heteroatoms. The first kappa shape index (κ1) is 36.2. The van der Waals surface area contributed by atoms with E-state index in [4.69, 9.17) is 18.4 Å². The van der Waals surface area contributed by atoms with E-state index in [1.165, 1.54) is 0 Å². The third-order valence-electron chi connectivity index (χ3n) is 6.38. The lowest BCUT2D eigenvalue weighted by molar-refractivity contribution is -0.137. The molecule has 0 atom stereocenters. The highest BCUT2D eigenvalue weighted by Crippen LogP contribution is 2.24. The van der Waals surface area contributed by atoms with E-state index >= 15 is 0 Å². The Bertz CT molecular complexity index is 1910. The number of benzene rings is 4. The maximum absolute atomic E-state index is 12.8. The van der Waals surface area contributed by atoms with Crippen molar-refractivity contribution in [1.82, 2.24) is 0 Å². The Balaban J connectivity index is 1.35. The Kier molecular flexibility index (Phi) is 14.2. The number of esters is 2. The summed E-state index contributed by atoms with van der Waals surface area (Å²) in [7, 11) is 0. The van der Waals surface area contributed by atoms with Gasteiger partial charge in [-0.05, 0) is 91.3 Å². The molecule has 246 valence electrons. The van der Waals surface area contributed by atoms with Gasteiger partial charge in [0.2, 0.25) is 0 Å². The number of thioether (sulfide) groups is 1. The van der Waals surface area contributed by atoms with Crippen LogP contribution in [0.2, 0.25) is 0 Å². The molecule has 0 aromatic heterocycles. The molecule has 0 saturated carbocycles. The molecule has 0 N–H and O–H groups in total. The predicted octanol–water partition coefficient (Wildman–Crippen LogP) is 7.80. The largest absolute Gasteiger partial charge is 0.488 e. The van der Waals surface area contributed by atoms with Gasteiger partial charge in [0.1, 0.15) is 24.5 Å². The second kappa shape index (κ2) is 19.3. The van der Waals surface area contributed by atoms with Gasteiger partial charge in [-0.15, -0.1) is 11.8 Å². The molecule has 4 aromatic rings. The average molecular weight is 689 g/mol. The van der Waals surface area contributed by atoms with Crippen LogP contribution in [0.1, 0.15) is 45.1 Å². The second-order valence-corrected chi connectivity index (χ2v) is 11.8. The van der Waals surface area contributed by atoms with Gasteiger partial charge in [0, 0.05) is 49.9 Å². The van der Waals surface area contributed by atoms with Crippen LogP contribution in [0.15, 0.2) is 126 Å². The van der Waals surface area contributed by atoms with E-state index in [9.17, 15) is 14.4 Å². The average Bonchev–Trinajstić information content (AvgIpc) is 3.14. The number of hydrogen-bond acceptors (Lipinski definition) is 9. The molecule has 0 heterocycles. The Hall–Kier alpha value is -5.61. The Morgan fingerprint density at radius 3 is 1.84 bits per heavy atom. The first-order valence-corrected chi connectivity index (χ1v) is 16.8. The van der Waals surface area contributed by atoms with Crippen molar-refractivity contribution in [3.05, 3.63) is 150 Å². The number of carbonyl (C=O) groups is 3. The van der Waals surface area contributed by atoms with Gasteiger partial charge in [-0.2, -0.15) is 0 Å². The fraction of sp³-hybridized carbons (Fsp3) is 0.125. The molecule has 0 spiro atoms. The predicted molar refractivity (Wildman–Crippen MR) is 192 cm³/mol. The third kappa shape index (κ3) is 12.2. The SMILES string of the molecule is C=CC(=O)OCCSc1ccc(C#Cc2ccc(OCc3ccc(C#Cc4ccc(SOC(=O)C=C)cc4)cc3)c(C(=O)OCC)c2)cc1. The highest BCUT2D eigenvalue weighted by molar-refractivity contribution is 7.99. The number of rotatable bonds is 13. The maximum atomic E-state index is 12.8. The number of ether oxygens (including phenoxy) is 3. The minimum absolute atomic E-state index is 0.228. The lowest BCUT2D eigenvalue weighted by Crippen LogP contribution is -2.08. The highest BCUT2D eigenvalue weighted by atomic mass is 32.2. The van der Waals surface area contributed by atoms with Gasteiger partial charge >= 0.3 is 17.9 Å². The van der Waals surface area contributed by atoms with Crippen LogP contribution in [0, 0.1) is 23.7 Å². The molecule has 0 bridgehead atoms.